The third-order valence-corrected chi connectivity index (χ3v) is 7.52. The van der Waals surface area contributed by atoms with Crippen molar-refractivity contribution in [2.24, 2.45) is 0 Å². The molecule has 0 aliphatic heterocycles. The SMILES string of the molecule is COCc1ccc(Nc2cc(Cl)nc3c2nc(C)n3PI)c(N(C)S(C)=O)c1. The molecule has 3 aromatic rings. The molecule has 7 nitrogen and oxygen atoms in total. The quantitative estimate of drug-likeness (QED) is 0.259. The van der Waals surface area contributed by atoms with E-state index < -0.39 is 11.0 Å². The highest BCUT2D eigenvalue weighted by molar-refractivity contribution is 14.2. The molecule has 2 unspecified atom stereocenters. The zero-order valence-electron chi connectivity index (χ0n) is 15.8. The summed E-state index contributed by atoms with van der Waals surface area (Å²) in [5.41, 5.74) is 4.82. The van der Waals surface area contributed by atoms with Crippen molar-refractivity contribution in [3.05, 3.63) is 40.8 Å². The Labute approximate surface area is 186 Å². The first-order valence-electron chi connectivity index (χ1n) is 8.24. The number of nitrogens with zero attached hydrogens (tertiary/aromatic N) is 4. The summed E-state index contributed by atoms with van der Waals surface area (Å²) in [7, 11) is 2.26. The topological polar surface area (TPSA) is 72.3 Å². The molecule has 3 rings (SSSR count). The van der Waals surface area contributed by atoms with E-state index in [0.717, 1.165) is 39.6 Å². The van der Waals surface area contributed by atoms with Gasteiger partial charge in [-0.1, -0.05) is 17.7 Å². The highest BCUT2D eigenvalue weighted by atomic mass is 127. The minimum Gasteiger partial charge on any atom is -0.380 e. The van der Waals surface area contributed by atoms with E-state index in [0.29, 0.717) is 18.1 Å². The number of pyridine rings is 1. The van der Waals surface area contributed by atoms with Crippen LogP contribution in [0.3, 0.4) is 0 Å². The molecule has 150 valence electrons. The smallest absolute Gasteiger partial charge is 0.167 e. The van der Waals surface area contributed by atoms with Crippen LogP contribution in [0.15, 0.2) is 24.3 Å². The molecule has 2 aromatic heterocycles. The van der Waals surface area contributed by atoms with Crippen molar-refractivity contribution < 1.29 is 8.95 Å². The third-order valence-electron chi connectivity index (χ3n) is 4.20. The molecule has 2 atom stereocenters. The first-order valence-corrected chi connectivity index (χ1v) is 14.2. The number of methoxy groups -OCH3 is 1. The van der Waals surface area contributed by atoms with Crippen LogP contribution in [0.2, 0.25) is 5.15 Å². The van der Waals surface area contributed by atoms with Gasteiger partial charge in [0.15, 0.2) is 5.65 Å². The molecule has 0 fully saturated rings. The van der Waals surface area contributed by atoms with Crippen molar-refractivity contribution in [1.82, 2.24) is 14.3 Å². The molecule has 1 N–H and O–H groups in total. The normalized spacial score (nSPS) is 12.8. The van der Waals surface area contributed by atoms with Gasteiger partial charge < -0.3 is 10.1 Å². The number of anilines is 3. The predicted molar refractivity (Wildman–Crippen MR) is 128 cm³/mol. The molecular weight excluding hydrogens is 532 g/mol. The zero-order valence-corrected chi connectivity index (χ0v) is 20.5. The number of rotatable bonds is 7. The number of ether oxygens (including phenoxy) is 1. The van der Waals surface area contributed by atoms with Gasteiger partial charge in [-0.05, 0) is 46.7 Å². The summed E-state index contributed by atoms with van der Waals surface area (Å²) < 4.78 is 21.1. The summed E-state index contributed by atoms with van der Waals surface area (Å²) >= 11 is 8.58. The number of imidazole rings is 1. The maximum atomic E-state index is 12.1. The van der Waals surface area contributed by atoms with E-state index in [-0.39, 0.29) is 0 Å². The van der Waals surface area contributed by atoms with Crippen molar-refractivity contribution >= 4 is 79.2 Å². The maximum absolute atomic E-state index is 12.1. The Morgan fingerprint density at radius 2 is 2.11 bits per heavy atom. The highest BCUT2D eigenvalue weighted by Gasteiger charge is 2.17. The van der Waals surface area contributed by atoms with Crippen LogP contribution in [0.25, 0.3) is 11.2 Å². The highest BCUT2D eigenvalue weighted by Crippen LogP contribution is 2.37. The molecule has 0 amide bonds. The van der Waals surface area contributed by atoms with Crippen molar-refractivity contribution in [2.75, 3.05) is 30.0 Å². The van der Waals surface area contributed by atoms with Crippen molar-refractivity contribution in [3.63, 3.8) is 0 Å². The van der Waals surface area contributed by atoms with Gasteiger partial charge in [0.2, 0.25) is 0 Å². The molecule has 0 aliphatic rings. The molecule has 1 aromatic carbocycles. The lowest BCUT2D eigenvalue weighted by molar-refractivity contribution is 0.185. The number of aryl methyl sites for hydroxylation is 1. The van der Waals surface area contributed by atoms with Crippen LogP contribution >= 0.6 is 40.0 Å². The molecule has 0 aliphatic carbocycles. The lowest BCUT2D eigenvalue weighted by Gasteiger charge is -2.21. The number of nitrogens with one attached hydrogen (secondary N) is 1. The van der Waals surface area contributed by atoms with Gasteiger partial charge in [-0.3, -0.25) is 8.64 Å². The largest absolute Gasteiger partial charge is 0.380 e. The zero-order chi connectivity index (χ0) is 20.4. The van der Waals surface area contributed by atoms with E-state index in [2.05, 4.69) is 37.3 Å². The van der Waals surface area contributed by atoms with E-state index in [9.17, 15) is 4.21 Å². The van der Waals surface area contributed by atoms with E-state index >= 15 is 0 Å². The molecule has 0 spiro atoms. The summed E-state index contributed by atoms with van der Waals surface area (Å²) in [6.07, 6.45) is 2.11. The van der Waals surface area contributed by atoms with Crippen LogP contribution in [-0.2, 0) is 22.3 Å². The third kappa shape index (κ3) is 4.43. The molecule has 2 heterocycles. The Kier molecular flexibility index (Phi) is 7.14. The fourth-order valence-electron chi connectivity index (χ4n) is 2.81. The first kappa shape index (κ1) is 21.7. The molecular formula is C17H20ClIN5O2PS. The van der Waals surface area contributed by atoms with Crippen molar-refractivity contribution in [2.45, 2.75) is 13.5 Å². The number of hydrogen-bond acceptors (Lipinski definition) is 5. The molecule has 28 heavy (non-hydrogen) atoms. The fourth-order valence-corrected chi connectivity index (χ4v) is 5.56. The van der Waals surface area contributed by atoms with Gasteiger partial charge in [0, 0.05) is 26.5 Å². The summed E-state index contributed by atoms with van der Waals surface area (Å²) in [4.78, 5) is 9.11. The number of aromatic nitrogens is 3. The van der Waals surface area contributed by atoms with Gasteiger partial charge in [-0.15, -0.1) is 0 Å². The van der Waals surface area contributed by atoms with Crippen molar-refractivity contribution in [3.8, 4) is 0 Å². The predicted octanol–water partition coefficient (Wildman–Crippen LogP) is 4.80. The Morgan fingerprint density at radius 3 is 2.75 bits per heavy atom. The second-order valence-electron chi connectivity index (χ2n) is 6.07. The van der Waals surface area contributed by atoms with Crippen LogP contribution in [0.5, 0.6) is 0 Å². The average molecular weight is 552 g/mol. The summed E-state index contributed by atoms with van der Waals surface area (Å²) in [6, 6.07) is 7.63. The van der Waals surface area contributed by atoms with E-state index in [4.69, 9.17) is 16.3 Å². The van der Waals surface area contributed by atoms with Gasteiger partial charge >= 0.3 is 0 Å². The molecule has 0 saturated carbocycles. The van der Waals surface area contributed by atoms with E-state index in [1.54, 1.807) is 30.8 Å². The number of hydrogen-bond donors (Lipinski definition) is 1. The molecule has 11 heteroatoms. The van der Waals surface area contributed by atoms with Crippen LogP contribution in [0, 0.1) is 6.92 Å². The Balaban J connectivity index is 2.12. The second-order valence-corrected chi connectivity index (χ2v) is 9.92. The van der Waals surface area contributed by atoms with Gasteiger partial charge in [0.1, 0.15) is 27.5 Å². The number of halogens is 2. The van der Waals surface area contributed by atoms with Gasteiger partial charge in [0.25, 0.3) is 0 Å². The lowest BCUT2D eigenvalue weighted by Crippen LogP contribution is -2.20. The molecule has 0 radical (unpaired) electrons. The Morgan fingerprint density at radius 1 is 1.36 bits per heavy atom. The average Bonchev–Trinajstić information content (AvgIpc) is 2.97. The summed E-state index contributed by atoms with van der Waals surface area (Å²) in [6.45, 7) is 2.42. The van der Waals surface area contributed by atoms with Gasteiger partial charge in [-0.25, -0.2) is 14.2 Å². The van der Waals surface area contributed by atoms with Crippen LogP contribution in [0.1, 0.15) is 11.4 Å². The number of fused-ring (bicyclic) bond motifs is 1. The summed E-state index contributed by atoms with van der Waals surface area (Å²) in [5.74, 6) is 0.878. The Hall–Kier alpha value is -1.00. The van der Waals surface area contributed by atoms with E-state index in [1.165, 1.54) is 0 Å². The number of benzene rings is 1. The van der Waals surface area contributed by atoms with Crippen molar-refractivity contribution in [1.29, 1.82) is 0 Å². The van der Waals surface area contributed by atoms with Crippen LogP contribution in [-0.4, -0.2) is 38.9 Å². The van der Waals surface area contributed by atoms with Gasteiger partial charge in [-0.2, -0.15) is 0 Å². The standard InChI is InChI=1S/C17H20ClIN5O2PS/c1-10-20-16-13(8-15(18)22-17(16)24(10)27-19)21-12-6-5-11(9-26-3)7-14(12)23(2)28(4)25/h5-8,27H,9H2,1-4H3,(H,21,22). The van der Waals surface area contributed by atoms with Crippen LogP contribution < -0.4 is 9.62 Å². The molecule has 0 saturated heterocycles. The second kappa shape index (κ2) is 9.21. The van der Waals surface area contributed by atoms with Gasteiger partial charge in [0.05, 0.1) is 30.0 Å². The fraction of sp³-hybridized carbons (Fsp3) is 0.294. The maximum Gasteiger partial charge on any atom is 0.167 e. The summed E-state index contributed by atoms with van der Waals surface area (Å²) in [5, 5.41) is 3.79. The Bertz CT molecular complexity index is 1050. The van der Waals surface area contributed by atoms with E-state index in [1.807, 2.05) is 29.5 Å². The van der Waals surface area contributed by atoms with Crippen LogP contribution in [0.4, 0.5) is 17.1 Å². The lowest BCUT2D eigenvalue weighted by atomic mass is 10.1. The minimum atomic E-state index is -1.18. The monoisotopic (exact) mass is 551 g/mol. The molecule has 0 bridgehead atoms. The first-order chi connectivity index (χ1) is 13.3. The minimum absolute atomic E-state index is 0.385.